The second-order valence-corrected chi connectivity index (χ2v) is 21.6. The molecule has 0 aliphatic rings. The Morgan fingerprint density at radius 3 is 0.792 bits per heavy atom. The summed E-state index contributed by atoms with van der Waals surface area (Å²) in [4.78, 5) is 38.1. The Labute approximate surface area is 477 Å². The van der Waals surface area contributed by atoms with Gasteiger partial charge in [-0.05, 0) is 70.6 Å². The first-order valence-electron chi connectivity index (χ1n) is 32.7. The molecule has 0 amide bonds. The van der Waals surface area contributed by atoms with Crippen molar-refractivity contribution < 1.29 is 28.6 Å². The molecule has 0 aromatic heterocycles. The van der Waals surface area contributed by atoms with Gasteiger partial charge in [-0.1, -0.05) is 323 Å². The highest BCUT2D eigenvalue weighted by Gasteiger charge is 2.19. The van der Waals surface area contributed by atoms with Gasteiger partial charge < -0.3 is 14.2 Å². The first-order valence-corrected chi connectivity index (χ1v) is 32.7. The van der Waals surface area contributed by atoms with Crippen LogP contribution in [0.5, 0.6) is 0 Å². The molecule has 0 heterocycles. The van der Waals surface area contributed by atoms with Gasteiger partial charge in [0.05, 0.1) is 0 Å². The third-order valence-electron chi connectivity index (χ3n) is 14.1. The average molecular weight is 1070 g/mol. The number of allylic oxidation sites excluding steroid dienone is 16. The topological polar surface area (TPSA) is 78.9 Å². The quantitative estimate of drug-likeness (QED) is 0.0261. The van der Waals surface area contributed by atoms with Gasteiger partial charge in [-0.3, -0.25) is 14.4 Å². The molecule has 442 valence electrons. The van der Waals surface area contributed by atoms with Crippen LogP contribution in [0.3, 0.4) is 0 Å². The number of hydrogen-bond donors (Lipinski definition) is 0. The van der Waals surface area contributed by atoms with Crippen molar-refractivity contribution in [2.75, 3.05) is 13.2 Å². The van der Waals surface area contributed by atoms with Crippen molar-refractivity contribution in [2.45, 2.75) is 322 Å². The van der Waals surface area contributed by atoms with Crippen molar-refractivity contribution in [1.29, 1.82) is 0 Å². The zero-order chi connectivity index (χ0) is 55.7. The molecule has 0 aliphatic heterocycles. The van der Waals surface area contributed by atoms with Crippen LogP contribution < -0.4 is 0 Å². The van der Waals surface area contributed by atoms with Gasteiger partial charge in [-0.2, -0.15) is 0 Å². The van der Waals surface area contributed by atoms with E-state index in [1.807, 2.05) is 24.3 Å². The van der Waals surface area contributed by atoms with Crippen LogP contribution in [0.15, 0.2) is 97.2 Å². The van der Waals surface area contributed by atoms with Gasteiger partial charge in [0.25, 0.3) is 0 Å². The predicted octanol–water partition coefficient (Wildman–Crippen LogP) is 22.4. The lowest BCUT2D eigenvalue weighted by Crippen LogP contribution is -2.30. The number of hydrogen-bond acceptors (Lipinski definition) is 6. The number of carbonyl (C=O) groups excluding carboxylic acids is 3. The molecule has 1 unspecified atom stereocenters. The van der Waals surface area contributed by atoms with E-state index in [0.29, 0.717) is 19.3 Å². The lowest BCUT2D eigenvalue weighted by atomic mass is 10.0. The van der Waals surface area contributed by atoms with Crippen molar-refractivity contribution in [2.24, 2.45) is 0 Å². The largest absolute Gasteiger partial charge is 0.462 e. The van der Waals surface area contributed by atoms with Gasteiger partial charge in [-0.15, -0.1) is 0 Å². The second kappa shape index (κ2) is 64.9. The molecule has 6 heteroatoms. The number of esters is 3. The summed E-state index contributed by atoms with van der Waals surface area (Å²) >= 11 is 0. The predicted molar refractivity (Wildman–Crippen MR) is 334 cm³/mol. The summed E-state index contributed by atoms with van der Waals surface area (Å²) in [6.45, 7) is 6.31. The number of rotatable bonds is 59. The summed E-state index contributed by atoms with van der Waals surface area (Å²) in [7, 11) is 0. The van der Waals surface area contributed by atoms with Gasteiger partial charge in [0.1, 0.15) is 13.2 Å². The second-order valence-electron chi connectivity index (χ2n) is 21.6. The van der Waals surface area contributed by atoms with E-state index >= 15 is 0 Å². The van der Waals surface area contributed by atoms with Crippen molar-refractivity contribution in [3.05, 3.63) is 97.2 Å². The van der Waals surface area contributed by atoms with Gasteiger partial charge >= 0.3 is 17.9 Å². The van der Waals surface area contributed by atoms with Crippen LogP contribution in [0, 0.1) is 0 Å². The lowest BCUT2D eigenvalue weighted by molar-refractivity contribution is -0.166. The third kappa shape index (κ3) is 63.0. The maximum absolute atomic E-state index is 12.8. The fourth-order valence-corrected chi connectivity index (χ4v) is 9.30. The van der Waals surface area contributed by atoms with Gasteiger partial charge in [-0.25, -0.2) is 0 Å². The monoisotopic (exact) mass is 1070 g/mol. The summed E-state index contributed by atoms with van der Waals surface area (Å²) < 4.78 is 16.7. The van der Waals surface area contributed by atoms with Crippen LogP contribution in [0.2, 0.25) is 0 Å². The summed E-state index contributed by atoms with van der Waals surface area (Å²) in [5.74, 6) is -1.09. The number of unbranched alkanes of at least 4 members (excludes halogenated alkanes) is 32. The Morgan fingerprint density at radius 2 is 0.506 bits per heavy atom. The highest BCUT2D eigenvalue weighted by Crippen LogP contribution is 2.18. The van der Waals surface area contributed by atoms with E-state index < -0.39 is 12.1 Å². The van der Waals surface area contributed by atoms with Crippen LogP contribution in [-0.4, -0.2) is 37.2 Å². The Morgan fingerprint density at radius 1 is 0.273 bits per heavy atom. The highest BCUT2D eigenvalue weighted by atomic mass is 16.6. The molecule has 0 aromatic rings. The first-order chi connectivity index (χ1) is 38.0. The van der Waals surface area contributed by atoms with E-state index in [9.17, 15) is 14.4 Å². The summed E-state index contributed by atoms with van der Waals surface area (Å²) in [6.07, 6.45) is 87.8. The van der Waals surface area contributed by atoms with Crippen molar-refractivity contribution in [1.82, 2.24) is 0 Å². The SMILES string of the molecule is CC/C=C\C/C=C\C/C=C\C/C=C\CCC(=O)OCC(COC(=O)CCCCCCCCCCCCCCCCCCCCCCCCCCCCCCCCCCC)OC(=O)CC/C=C\C/C=C\C/C=C\C/C=C\CC. The Bertz CT molecular complexity index is 1510. The molecule has 0 bridgehead atoms. The number of carbonyl (C=O) groups is 3. The molecule has 0 spiro atoms. The van der Waals surface area contributed by atoms with Crippen LogP contribution in [0.25, 0.3) is 0 Å². The highest BCUT2D eigenvalue weighted by molar-refractivity contribution is 5.71. The summed E-state index contributed by atoms with van der Waals surface area (Å²) in [5.41, 5.74) is 0. The van der Waals surface area contributed by atoms with Crippen LogP contribution in [-0.2, 0) is 28.6 Å². The standard InChI is InChI=1S/C71H122O6/c1-4-7-10-13-16-19-22-25-26-27-28-29-30-31-32-33-34-35-36-37-38-39-40-41-42-43-44-47-49-52-55-58-61-64-70(73)76-67-68(77-71(74)65-62-59-56-53-50-46-24-21-18-15-12-9-6-3)66-75-69(72)63-60-57-54-51-48-45-23-20-17-14-11-8-5-2/h8-9,11-12,17-18,20-21,45-46,48,50,54,56-57,59,68H,4-7,10,13-16,19,22-44,47,49,51-53,55,58,60-67H2,1-3H3/b11-8-,12-9-,20-17-,21-18-,48-45-,50-46-,57-54-,59-56-. The van der Waals surface area contributed by atoms with Gasteiger partial charge in [0, 0.05) is 19.3 Å². The average Bonchev–Trinajstić information content (AvgIpc) is 3.43. The minimum absolute atomic E-state index is 0.127. The van der Waals surface area contributed by atoms with Gasteiger partial charge in [0.15, 0.2) is 6.10 Å². The zero-order valence-corrected chi connectivity index (χ0v) is 50.7. The Kier molecular flexibility index (Phi) is 61.8. The van der Waals surface area contributed by atoms with Crippen LogP contribution >= 0.6 is 0 Å². The van der Waals surface area contributed by atoms with Crippen molar-refractivity contribution >= 4 is 17.9 Å². The van der Waals surface area contributed by atoms with E-state index in [2.05, 4.69) is 93.7 Å². The molecular weight excluding hydrogens is 949 g/mol. The molecule has 77 heavy (non-hydrogen) atoms. The van der Waals surface area contributed by atoms with E-state index in [0.717, 1.165) is 70.6 Å². The fourth-order valence-electron chi connectivity index (χ4n) is 9.30. The van der Waals surface area contributed by atoms with Crippen molar-refractivity contribution in [3.63, 3.8) is 0 Å². The molecule has 0 saturated heterocycles. The Hall–Kier alpha value is -3.67. The fraction of sp³-hybridized carbons (Fsp3) is 0.732. The molecule has 0 N–H and O–H groups in total. The van der Waals surface area contributed by atoms with E-state index in [4.69, 9.17) is 14.2 Å². The molecule has 0 radical (unpaired) electrons. The lowest BCUT2D eigenvalue weighted by Gasteiger charge is -2.18. The molecule has 0 aliphatic carbocycles. The summed E-state index contributed by atoms with van der Waals surface area (Å²) in [5, 5.41) is 0. The van der Waals surface area contributed by atoms with Gasteiger partial charge in [0.2, 0.25) is 0 Å². The van der Waals surface area contributed by atoms with Crippen molar-refractivity contribution in [3.8, 4) is 0 Å². The summed E-state index contributed by atoms with van der Waals surface area (Å²) in [6, 6.07) is 0. The normalized spacial score (nSPS) is 12.7. The molecular formula is C71H122O6. The molecule has 0 saturated carbocycles. The van der Waals surface area contributed by atoms with Crippen LogP contribution in [0.1, 0.15) is 316 Å². The van der Waals surface area contributed by atoms with Crippen LogP contribution in [0.4, 0.5) is 0 Å². The first kappa shape index (κ1) is 73.3. The molecule has 6 nitrogen and oxygen atoms in total. The molecule has 0 rings (SSSR count). The molecule has 0 aromatic carbocycles. The van der Waals surface area contributed by atoms with E-state index in [-0.39, 0.29) is 38.0 Å². The van der Waals surface area contributed by atoms with E-state index in [1.54, 1.807) is 0 Å². The number of ether oxygens (including phenoxy) is 3. The third-order valence-corrected chi connectivity index (χ3v) is 14.1. The minimum atomic E-state index is -0.844. The maximum atomic E-state index is 12.8. The zero-order valence-electron chi connectivity index (χ0n) is 50.7. The molecule has 0 fully saturated rings. The van der Waals surface area contributed by atoms with E-state index in [1.165, 1.54) is 193 Å². The Balaban J connectivity index is 4.13. The smallest absolute Gasteiger partial charge is 0.306 e. The maximum Gasteiger partial charge on any atom is 0.306 e. The minimum Gasteiger partial charge on any atom is -0.462 e. The molecule has 1 atom stereocenters.